The molecule has 0 radical (unpaired) electrons. The number of piperidine rings is 1. The SMILES string of the molecule is CCOC(=O)c1cnc(N2CCCCC2)o1. The van der Waals surface area contributed by atoms with Crippen LogP contribution >= 0.6 is 0 Å². The van der Waals surface area contributed by atoms with Gasteiger partial charge < -0.3 is 14.1 Å². The number of carbonyl (C=O) groups is 1. The molecule has 1 aliphatic heterocycles. The standard InChI is InChI=1S/C11H16N2O3/c1-2-15-10(14)9-8-12-11(16-9)13-6-4-3-5-7-13/h8H,2-7H2,1H3. The molecule has 0 bridgehead atoms. The summed E-state index contributed by atoms with van der Waals surface area (Å²) in [6, 6.07) is 0.530. The fourth-order valence-corrected chi connectivity index (χ4v) is 1.79. The van der Waals surface area contributed by atoms with Crippen molar-refractivity contribution in [3.63, 3.8) is 0 Å². The van der Waals surface area contributed by atoms with Gasteiger partial charge in [0.25, 0.3) is 6.01 Å². The Kier molecular flexibility index (Phi) is 3.44. The van der Waals surface area contributed by atoms with E-state index in [1.807, 2.05) is 0 Å². The van der Waals surface area contributed by atoms with Crippen LogP contribution in [0.5, 0.6) is 0 Å². The van der Waals surface area contributed by atoms with Gasteiger partial charge in [-0.05, 0) is 26.2 Å². The van der Waals surface area contributed by atoms with E-state index >= 15 is 0 Å². The number of ether oxygens (including phenoxy) is 1. The third-order valence-corrected chi connectivity index (χ3v) is 2.60. The zero-order valence-corrected chi connectivity index (χ0v) is 9.44. The van der Waals surface area contributed by atoms with Crippen LogP contribution in [0.2, 0.25) is 0 Å². The maximum atomic E-state index is 11.4. The first kappa shape index (κ1) is 11.0. The third kappa shape index (κ3) is 2.35. The molecule has 0 spiro atoms. The molecule has 2 heterocycles. The average molecular weight is 224 g/mol. The van der Waals surface area contributed by atoms with Crippen molar-refractivity contribution in [1.29, 1.82) is 0 Å². The monoisotopic (exact) mass is 224 g/mol. The van der Waals surface area contributed by atoms with Gasteiger partial charge >= 0.3 is 5.97 Å². The molecule has 1 aromatic rings. The summed E-state index contributed by atoms with van der Waals surface area (Å²) in [5.74, 6) is -0.263. The first-order valence-electron chi connectivity index (χ1n) is 5.69. The third-order valence-electron chi connectivity index (χ3n) is 2.60. The van der Waals surface area contributed by atoms with Crippen LogP contribution in [0.15, 0.2) is 10.6 Å². The van der Waals surface area contributed by atoms with Gasteiger partial charge in [-0.3, -0.25) is 0 Å². The van der Waals surface area contributed by atoms with Gasteiger partial charge in [0.15, 0.2) is 0 Å². The quantitative estimate of drug-likeness (QED) is 0.733. The van der Waals surface area contributed by atoms with Gasteiger partial charge in [0.2, 0.25) is 5.76 Å². The Hall–Kier alpha value is -1.52. The molecule has 1 aromatic heterocycles. The second-order valence-corrected chi connectivity index (χ2v) is 3.78. The van der Waals surface area contributed by atoms with E-state index in [2.05, 4.69) is 9.88 Å². The summed E-state index contributed by atoms with van der Waals surface area (Å²) in [6.07, 6.45) is 4.98. The lowest BCUT2D eigenvalue weighted by molar-refractivity contribution is 0.0490. The summed E-state index contributed by atoms with van der Waals surface area (Å²) < 4.78 is 10.2. The Balaban J connectivity index is 2.03. The molecule has 0 amide bonds. The molecule has 16 heavy (non-hydrogen) atoms. The maximum Gasteiger partial charge on any atom is 0.376 e. The first-order valence-corrected chi connectivity index (χ1v) is 5.69. The van der Waals surface area contributed by atoms with E-state index in [1.165, 1.54) is 12.6 Å². The Morgan fingerprint density at radius 2 is 2.25 bits per heavy atom. The van der Waals surface area contributed by atoms with Crippen LogP contribution in [0.3, 0.4) is 0 Å². The van der Waals surface area contributed by atoms with Gasteiger partial charge in [-0.2, -0.15) is 0 Å². The second kappa shape index (κ2) is 5.01. The van der Waals surface area contributed by atoms with E-state index in [-0.39, 0.29) is 5.76 Å². The van der Waals surface area contributed by atoms with Crippen LogP contribution in [0.4, 0.5) is 6.01 Å². The van der Waals surface area contributed by atoms with Crippen LogP contribution in [-0.4, -0.2) is 30.6 Å². The smallest absolute Gasteiger partial charge is 0.376 e. The lowest BCUT2D eigenvalue weighted by Crippen LogP contribution is -2.29. The molecular weight excluding hydrogens is 208 g/mol. The minimum Gasteiger partial charge on any atom is -0.460 e. The summed E-state index contributed by atoms with van der Waals surface area (Å²) >= 11 is 0. The molecule has 0 unspecified atom stereocenters. The number of rotatable bonds is 3. The average Bonchev–Trinajstić information content (AvgIpc) is 2.80. The molecule has 1 fully saturated rings. The van der Waals surface area contributed by atoms with Crippen molar-refractivity contribution in [2.45, 2.75) is 26.2 Å². The number of hydrogen-bond donors (Lipinski definition) is 0. The summed E-state index contributed by atoms with van der Waals surface area (Å²) in [7, 11) is 0. The van der Waals surface area contributed by atoms with Gasteiger partial charge in [-0.15, -0.1) is 0 Å². The zero-order valence-electron chi connectivity index (χ0n) is 9.44. The fourth-order valence-electron chi connectivity index (χ4n) is 1.79. The van der Waals surface area contributed by atoms with E-state index in [0.29, 0.717) is 12.6 Å². The number of oxazole rings is 1. The molecule has 0 saturated carbocycles. The van der Waals surface area contributed by atoms with E-state index in [4.69, 9.17) is 9.15 Å². The molecule has 0 aromatic carbocycles. The van der Waals surface area contributed by atoms with Crippen LogP contribution in [0, 0.1) is 0 Å². The molecule has 1 saturated heterocycles. The second-order valence-electron chi connectivity index (χ2n) is 3.78. The van der Waals surface area contributed by atoms with Crippen molar-refractivity contribution in [1.82, 2.24) is 4.98 Å². The molecular formula is C11H16N2O3. The highest BCUT2D eigenvalue weighted by molar-refractivity contribution is 5.86. The highest BCUT2D eigenvalue weighted by atomic mass is 16.5. The predicted molar refractivity (Wildman–Crippen MR) is 58.5 cm³/mol. The van der Waals surface area contributed by atoms with E-state index in [1.54, 1.807) is 6.92 Å². The van der Waals surface area contributed by atoms with Crippen molar-refractivity contribution in [3.8, 4) is 0 Å². The largest absolute Gasteiger partial charge is 0.460 e. The highest BCUT2D eigenvalue weighted by Gasteiger charge is 2.19. The highest BCUT2D eigenvalue weighted by Crippen LogP contribution is 2.19. The fraction of sp³-hybridized carbons (Fsp3) is 0.636. The van der Waals surface area contributed by atoms with E-state index < -0.39 is 5.97 Å². The van der Waals surface area contributed by atoms with Gasteiger partial charge in [0.05, 0.1) is 12.8 Å². The van der Waals surface area contributed by atoms with Crippen LogP contribution in [0.25, 0.3) is 0 Å². The van der Waals surface area contributed by atoms with Gasteiger partial charge in [-0.25, -0.2) is 9.78 Å². The number of esters is 1. The first-order chi connectivity index (χ1) is 7.81. The molecule has 2 rings (SSSR count). The number of nitrogens with zero attached hydrogens (tertiary/aromatic N) is 2. The number of hydrogen-bond acceptors (Lipinski definition) is 5. The predicted octanol–water partition coefficient (Wildman–Crippen LogP) is 1.84. The number of carbonyl (C=O) groups excluding carboxylic acids is 1. The van der Waals surface area contributed by atoms with Crippen LogP contribution in [-0.2, 0) is 4.74 Å². The van der Waals surface area contributed by atoms with E-state index in [9.17, 15) is 4.79 Å². The van der Waals surface area contributed by atoms with E-state index in [0.717, 1.165) is 25.9 Å². The van der Waals surface area contributed by atoms with Crippen molar-refractivity contribution >= 4 is 12.0 Å². The lowest BCUT2D eigenvalue weighted by atomic mass is 10.1. The molecule has 5 heteroatoms. The minimum absolute atomic E-state index is 0.183. The topological polar surface area (TPSA) is 55.6 Å². The summed E-state index contributed by atoms with van der Waals surface area (Å²) in [5, 5.41) is 0. The van der Waals surface area contributed by atoms with Gasteiger partial charge in [0.1, 0.15) is 0 Å². The normalized spacial score (nSPS) is 16.2. The van der Waals surface area contributed by atoms with Gasteiger partial charge in [-0.1, -0.05) is 0 Å². The van der Waals surface area contributed by atoms with Crippen LogP contribution in [0.1, 0.15) is 36.7 Å². The Morgan fingerprint density at radius 1 is 1.50 bits per heavy atom. The summed E-state index contributed by atoms with van der Waals surface area (Å²) in [6.45, 7) is 4.00. The minimum atomic E-state index is -0.446. The Bertz CT molecular complexity index is 356. The molecule has 5 nitrogen and oxygen atoms in total. The Morgan fingerprint density at radius 3 is 2.94 bits per heavy atom. The molecule has 0 aliphatic carbocycles. The maximum absolute atomic E-state index is 11.4. The summed E-state index contributed by atoms with van der Waals surface area (Å²) in [4.78, 5) is 17.5. The van der Waals surface area contributed by atoms with Crippen molar-refractivity contribution in [3.05, 3.63) is 12.0 Å². The Labute approximate surface area is 94.4 Å². The number of anilines is 1. The molecule has 88 valence electrons. The van der Waals surface area contributed by atoms with Gasteiger partial charge in [0, 0.05) is 13.1 Å². The van der Waals surface area contributed by atoms with Crippen molar-refractivity contribution in [2.75, 3.05) is 24.6 Å². The number of aromatic nitrogens is 1. The van der Waals surface area contributed by atoms with Crippen molar-refractivity contribution < 1.29 is 13.9 Å². The molecule has 0 atom stereocenters. The zero-order chi connectivity index (χ0) is 11.4. The summed E-state index contributed by atoms with van der Waals surface area (Å²) in [5.41, 5.74) is 0. The molecule has 1 aliphatic rings. The lowest BCUT2D eigenvalue weighted by Gasteiger charge is -2.24. The van der Waals surface area contributed by atoms with Crippen molar-refractivity contribution in [2.24, 2.45) is 0 Å². The van der Waals surface area contributed by atoms with Crippen LogP contribution < -0.4 is 4.90 Å². The molecule has 0 N–H and O–H groups in total.